The highest BCUT2D eigenvalue weighted by atomic mass is 31.2. The number of hydrogen-bond donors (Lipinski definition) is 1. The lowest BCUT2D eigenvalue weighted by atomic mass is 10.1. The standard InChI is InChI=1S/C15H19O5P/c1-3-14(8-9-18-2)19-21(16,17)20-15-10-12-6-4-5-7-13(12)11-15/h3-7,10,14H,1,8-9,11H2,2H3,(H,16,17). The second kappa shape index (κ2) is 7.05. The molecule has 0 aromatic heterocycles. The van der Waals surface area contributed by atoms with Crippen LogP contribution in [-0.4, -0.2) is 24.7 Å². The van der Waals surface area contributed by atoms with Gasteiger partial charge in [-0.1, -0.05) is 30.3 Å². The molecule has 0 heterocycles. The number of hydrogen-bond acceptors (Lipinski definition) is 4. The van der Waals surface area contributed by atoms with Crippen LogP contribution < -0.4 is 0 Å². The highest BCUT2D eigenvalue weighted by Crippen LogP contribution is 2.49. The molecule has 0 aliphatic heterocycles. The number of phosphoric ester groups is 1. The van der Waals surface area contributed by atoms with E-state index in [1.165, 1.54) is 6.08 Å². The summed E-state index contributed by atoms with van der Waals surface area (Å²) in [6, 6.07) is 7.71. The summed E-state index contributed by atoms with van der Waals surface area (Å²) in [6.45, 7) is 3.99. The van der Waals surface area contributed by atoms with Crippen LogP contribution in [0.15, 0.2) is 42.7 Å². The number of ether oxygens (including phenoxy) is 1. The van der Waals surface area contributed by atoms with Gasteiger partial charge in [0.25, 0.3) is 0 Å². The summed E-state index contributed by atoms with van der Waals surface area (Å²) in [4.78, 5) is 9.84. The van der Waals surface area contributed by atoms with Crippen molar-refractivity contribution in [1.82, 2.24) is 0 Å². The molecule has 21 heavy (non-hydrogen) atoms. The molecule has 1 aromatic carbocycles. The number of benzene rings is 1. The summed E-state index contributed by atoms with van der Waals surface area (Å²) >= 11 is 0. The summed E-state index contributed by atoms with van der Waals surface area (Å²) in [6.07, 6.45) is 3.54. The molecule has 2 rings (SSSR count). The van der Waals surface area contributed by atoms with Crippen LogP contribution >= 0.6 is 7.82 Å². The first-order chi connectivity index (χ1) is 10.0. The molecule has 114 valence electrons. The van der Waals surface area contributed by atoms with Crippen LogP contribution in [0.3, 0.4) is 0 Å². The first kappa shape index (κ1) is 16.0. The van der Waals surface area contributed by atoms with Crippen molar-refractivity contribution >= 4 is 13.9 Å². The van der Waals surface area contributed by atoms with Gasteiger partial charge in [0.15, 0.2) is 0 Å². The molecule has 2 atom stereocenters. The van der Waals surface area contributed by atoms with Crippen molar-refractivity contribution in [3.63, 3.8) is 0 Å². The van der Waals surface area contributed by atoms with E-state index in [1.54, 1.807) is 13.2 Å². The molecule has 0 amide bonds. The lowest BCUT2D eigenvalue weighted by molar-refractivity contribution is 0.112. The maximum atomic E-state index is 12.0. The Kier molecular flexibility index (Phi) is 5.37. The van der Waals surface area contributed by atoms with E-state index >= 15 is 0 Å². The fraction of sp³-hybridized carbons (Fsp3) is 0.333. The lowest BCUT2D eigenvalue weighted by Gasteiger charge is -2.18. The third-order valence-electron chi connectivity index (χ3n) is 3.11. The molecule has 2 unspecified atom stereocenters. The number of methoxy groups -OCH3 is 1. The molecule has 5 nitrogen and oxygen atoms in total. The van der Waals surface area contributed by atoms with Gasteiger partial charge in [-0.3, -0.25) is 9.42 Å². The molecule has 0 spiro atoms. The van der Waals surface area contributed by atoms with Crippen molar-refractivity contribution in [3.05, 3.63) is 53.8 Å². The predicted octanol–water partition coefficient (Wildman–Crippen LogP) is 3.31. The fourth-order valence-corrected chi connectivity index (χ4v) is 3.09. The summed E-state index contributed by atoms with van der Waals surface area (Å²) < 4.78 is 27.2. The van der Waals surface area contributed by atoms with Gasteiger partial charge in [-0.2, -0.15) is 0 Å². The zero-order valence-electron chi connectivity index (χ0n) is 11.9. The minimum Gasteiger partial charge on any atom is -0.408 e. The smallest absolute Gasteiger partial charge is 0.408 e. The van der Waals surface area contributed by atoms with Gasteiger partial charge in [-0.15, -0.1) is 6.58 Å². The maximum Gasteiger partial charge on any atom is 0.527 e. The van der Waals surface area contributed by atoms with E-state index in [2.05, 4.69) is 6.58 Å². The van der Waals surface area contributed by atoms with Crippen LogP contribution in [-0.2, 0) is 24.8 Å². The van der Waals surface area contributed by atoms with E-state index in [4.69, 9.17) is 13.8 Å². The Morgan fingerprint density at radius 1 is 1.48 bits per heavy atom. The minimum absolute atomic E-state index is 0.408. The monoisotopic (exact) mass is 310 g/mol. The Balaban J connectivity index is 1.96. The molecule has 1 aliphatic rings. The Morgan fingerprint density at radius 3 is 2.90 bits per heavy atom. The van der Waals surface area contributed by atoms with Crippen LogP contribution in [0.1, 0.15) is 17.5 Å². The van der Waals surface area contributed by atoms with Crippen molar-refractivity contribution in [2.45, 2.75) is 18.9 Å². The quantitative estimate of drug-likeness (QED) is 0.589. The summed E-state index contributed by atoms with van der Waals surface area (Å²) in [5, 5.41) is 0. The Hall–Kier alpha value is -1.39. The minimum atomic E-state index is -4.18. The number of phosphoric acid groups is 1. The molecular formula is C15H19O5P. The van der Waals surface area contributed by atoms with Crippen LogP contribution in [0.25, 0.3) is 6.08 Å². The van der Waals surface area contributed by atoms with Crippen molar-refractivity contribution in [2.24, 2.45) is 0 Å². The van der Waals surface area contributed by atoms with Crippen molar-refractivity contribution in [1.29, 1.82) is 0 Å². The molecule has 0 radical (unpaired) electrons. The van der Waals surface area contributed by atoms with Gasteiger partial charge in [0, 0.05) is 26.6 Å². The molecule has 0 bridgehead atoms. The maximum absolute atomic E-state index is 12.0. The van der Waals surface area contributed by atoms with Crippen LogP contribution in [0.2, 0.25) is 0 Å². The van der Waals surface area contributed by atoms with Crippen molar-refractivity contribution in [3.8, 4) is 0 Å². The summed E-state index contributed by atoms with van der Waals surface area (Å²) in [5.41, 5.74) is 2.05. The first-order valence-corrected chi connectivity index (χ1v) is 8.14. The number of fused-ring (bicyclic) bond motifs is 1. The molecule has 1 aliphatic carbocycles. The molecule has 1 N–H and O–H groups in total. The lowest BCUT2D eigenvalue weighted by Crippen LogP contribution is -2.11. The van der Waals surface area contributed by atoms with Crippen LogP contribution in [0, 0.1) is 0 Å². The van der Waals surface area contributed by atoms with Gasteiger partial charge in [0.2, 0.25) is 0 Å². The average Bonchev–Trinajstić information content (AvgIpc) is 2.84. The van der Waals surface area contributed by atoms with Gasteiger partial charge in [0.05, 0.1) is 6.10 Å². The number of rotatable bonds is 8. The normalized spacial score (nSPS) is 17.5. The second-order valence-electron chi connectivity index (χ2n) is 4.71. The summed E-state index contributed by atoms with van der Waals surface area (Å²) in [5.74, 6) is 0.427. The van der Waals surface area contributed by atoms with Gasteiger partial charge in [0.1, 0.15) is 5.76 Å². The summed E-state index contributed by atoms with van der Waals surface area (Å²) in [7, 11) is -2.63. The largest absolute Gasteiger partial charge is 0.527 e. The van der Waals surface area contributed by atoms with E-state index in [9.17, 15) is 9.46 Å². The Morgan fingerprint density at radius 2 is 2.24 bits per heavy atom. The third-order valence-corrected chi connectivity index (χ3v) is 4.11. The Labute approximate surface area is 124 Å². The topological polar surface area (TPSA) is 65.0 Å². The van der Waals surface area contributed by atoms with Gasteiger partial charge in [-0.25, -0.2) is 4.57 Å². The van der Waals surface area contributed by atoms with E-state index in [0.717, 1.165) is 11.1 Å². The van der Waals surface area contributed by atoms with Crippen molar-refractivity contribution < 1.29 is 23.2 Å². The van der Waals surface area contributed by atoms with E-state index in [0.29, 0.717) is 25.2 Å². The van der Waals surface area contributed by atoms with Gasteiger partial charge in [-0.05, 0) is 17.2 Å². The molecule has 1 aromatic rings. The fourth-order valence-electron chi connectivity index (χ4n) is 2.10. The molecule has 0 saturated heterocycles. The van der Waals surface area contributed by atoms with E-state index < -0.39 is 13.9 Å². The zero-order valence-corrected chi connectivity index (χ0v) is 12.8. The SMILES string of the molecule is C=CC(CCOC)OP(=O)(O)OC1=Cc2ccccc2C1. The van der Waals surface area contributed by atoms with Gasteiger partial charge >= 0.3 is 7.82 Å². The zero-order chi connectivity index (χ0) is 15.3. The first-order valence-electron chi connectivity index (χ1n) is 6.65. The third kappa shape index (κ3) is 4.55. The second-order valence-corrected chi connectivity index (χ2v) is 6.04. The molecule has 0 saturated carbocycles. The molecular weight excluding hydrogens is 291 g/mol. The highest BCUT2D eigenvalue weighted by molar-refractivity contribution is 7.47. The Bertz CT molecular complexity index is 581. The highest BCUT2D eigenvalue weighted by Gasteiger charge is 2.29. The molecule has 0 fully saturated rings. The number of allylic oxidation sites excluding steroid dienone is 1. The predicted molar refractivity (Wildman–Crippen MR) is 80.6 cm³/mol. The van der Waals surface area contributed by atoms with Crippen molar-refractivity contribution in [2.75, 3.05) is 13.7 Å². The average molecular weight is 310 g/mol. The van der Waals surface area contributed by atoms with Crippen LogP contribution in [0.5, 0.6) is 0 Å². The molecule has 6 heteroatoms. The van der Waals surface area contributed by atoms with Crippen LogP contribution in [0.4, 0.5) is 0 Å². The van der Waals surface area contributed by atoms with Gasteiger partial charge < -0.3 is 9.26 Å². The van der Waals surface area contributed by atoms with E-state index in [1.807, 2.05) is 24.3 Å². The van der Waals surface area contributed by atoms with E-state index in [-0.39, 0.29) is 0 Å².